The molecule has 1 aromatic carbocycles. The first-order valence-corrected chi connectivity index (χ1v) is 12.4. The second kappa shape index (κ2) is 9.59. The van der Waals surface area contributed by atoms with E-state index in [0.717, 1.165) is 46.3 Å². The largest absolute Gasteiger partial charge is 0.301 e. The van der Waals surface area contributed by atoms with Crippen molar-refractivity contribution >= 4 is 11.0 Å². The number of benzene rings is 1. The zero-order chi connectivity index (χ0) is 24.5. The van der Waals surface area contributed by atoms with Crippen molar-refractivity contribution in [1.29, 1.82) is 0 Å². The number of rotatable bonds is 6. The van der Waals surface area contributed by atoms with E-state index in [4.69, 9.17) is 0 Å². The average Bonchev–Trinajstić information content (AvgIpc) is 3.61. The highest BCUT2D eigenvalue weighted by atomic mass is 19.1. The summed E-state index contributed by atoms with van der Waals surface area (Å²) in [5, 5.41) is 5.48. The van der Waals surface area contributed by atoms with Gasteiger partial charge in [-0.25, -0.2) is 14.4 Å². The van der Waals surface area contributed by atoms with Crippen molar-refractivity contribution in [2.24, 2.45) is 0 Å². The monoisotopic (exact) mass is 478 g/mol. The van der Waals surface area contributed by atoms with Crippen molar-refractivity contribution in [2.75, 3.05) is 19.6 Å². The SMILES string of the molecule is Cc1ccc(F)c(-c2cc(-c3cncc(-c4cnn(CCN5CCCC5)c4)c3)c3cccnc3n2)c1. The first-order valence-electron chi connectivity index (χ1n) is 12.4. The second-order valence-electron chi connectivity index (χ2n) is 9.42. The summed E-state index contributed by atoms with van der Waals surface area (Å²) in [7, 11) is 0. The highest BCUT2D eigenvalue weighted by molar-refractivity contribution is 5.95. The molecule has 1 aliphatic rings. The Morgan fingerprint density at radius 2 is 1.75 bits per heavy atom. The number of aryl methyl sites for hydroxylation is 1. The highest BCUT2D eigenvalue weighted by Crippen LogP contribution is 2.34. The van der Waals surface area contributed by atoms with Gasteiger partial charge < -0.3 is 4.90 Å². The third-order valence-corrected chi connectivity index (χ3v) is 6.84. The molecule has 180 valence electrons. The maximum absolute atomic E-state index is 14.8. The van der Waals surface area contributed by atoms with Crippen molar-refractivity contribution in [3.05, 3.63) is 84.8 Å². The normalized spacial score (nSPS) is 14.1. The molecule has 5 heterocycles. The van der Waals surface area contributed by atoms with Gasteiger partial charge in [0.25, 0.3) is 0 Å². The van der Waals surface area contributed by atoms with Crippen molar-refractivity contribution in [2.45, 2.75) is 26.3 Å². The van der Waals surface area contributed by atoms with Crippen LogP contribution in [0.15, 0.2) is 73.4 Å². The summed E-state index contributed by atoms with van der Waals surface area (Å²) in [6, 6.07) is 13.0. The standard InChI is InChI=1S/C29H27FN6/c1-20-6-7-27(30)26(13-20)28-15-25(24-5-4-8-32-29(24)34-28)22-14-21(16-31-17-22)23-18-33-36(19-23)12-11-35-9-2-3-10-35/h4-8,13-19H,2-3,9-12H2,1H3. The first kappa shape index (κ1) is 22.5. The number of hydrogen-bond donors (Lipinski definition) is 0. The molecule has 1 aliphatic heterocycles. The minimum Gasteiger partial charge on any atom is -0.301 e. The van der Waals surface area contributed by atoms with E-state index in [1.165, 1.54) is 32.0 Å². The molecule has 0 N–H and O–H groups in total. The quantitative estimate of drug-likeness (QED) is 0.310. The van der Waals surface area contributed by atoms with Crippen LogP contribution in [0.1, 0.15) is 18.4 Å². The van der Waals surface area contributed by atoms with Crippen LogP contribution in [-0.2, 0) is 6.54 Å². The molecule has 0 spiro atoms. The fourth-order valence-corrected chi connectivity index (χ4v) is 4.90. The highest BCUT2D eigenvalue weighted by Gasteiger charge is 2.15. The topological polar surface area (TPSA) is 59.7 Å². The van der Waals surface area contributed by atoms with Gasteiger partial charge in [0.1, 0.15) is 5.82 Å². The fourth-order valence-electron chi connectivity index (χ4n) is 4.90. The van der Waals surface area contributed by atoms with Crippen LogP contribution in [0.4, 0.5) is 4.39 Å². The third kappa shape index (κ3) is 4.50. The van der Waals surface area contributed by atoms with E-state index in [1.807, 2.05) is 54.5 Å². The molecule has 0 atom stereocenters. The molecule has 6 nitrogen and oxygen atoms in total. The van der Waals surface area contributed by atoms with Gasteiger partial charge in [-0.1, -0.05) is 11.6 Å². The Kier molecular flexibility index (Phi) is 5.99. The van der Waals surface area contributed by atoms with E-state index < -0.39 is 0 Å². The maximum atomic E-state index is 14.8. The van der Waals surface area contributed by atoms with Gasteiger partial charge in [0.05, 0.1) is 18.4 Å². The van der Waals surface area contributed by atoms with E-state index in [0.29, 0.717) is 16.9 Å². The number of nitrogens with zero attached hydrogens (tertiary/aromatic N) is 6. The minimum absolute atomic E-state index is 0.303. The Morgan fingerprint density at radius 3 is 2.64 bits per heavy atom. The van der Waals surface area contributed by atoms with Gasteiger partial charge in [-0.3, -0.25) is 9.67 Å². The van der Waals surface area contributed by atoms with Crippen LogP contribution in [0.5, 0.6) is 0 Å². The van der Waals surface area contributed by atoms with Gasteiger partial charge in [0, 0.05) is 59.0 Å². The van der Waals surface area contributed by atoms with E-state index in [1.54, 1.807) is 12.3 Å². The zero-order valence-corrected chi connectivity index (χ0v) is 20.2. The predicted octanol–water partition coefficient (Wildman–Crippen LogP) is 5.77. The summed E-state index contributed by atoms with van der Waals surface area (Å²) in [4.78, 5) is 16.2. The smallest absolute Gasteiger partial charge is 0.160 e. The molecule has 4 aromatic heterocycles. The Bertz CT molecular complexity index is 1540. The average molecular weight is 479 g/mol. The van der Waals surface area contributed by atoms with Crippen molar-refractivity contribution in [3.63, 3.8) is 0 Å². The number of hydrogen-bond acceptors (Lipinski definition) is 5. The number of fused-ring (bicyclic) bond motifs is 1. The lowest BCUT2D eigenvalue weighted by molar-refractivity contribution is 0.316. The molecule has 5 aromatic rings. The van der Waals surface area contributed by atoms with Gasteiger partial charge in [-0.2, -0.15) is 5.10 Å². The number of halogens is 1. The number of likely N-dealkylation sites (tertiary alicyclic amines) is 1. The molecule has 0 saturated carbocycles. The summed E-state index contributed by atoms with van der Waals surface area (Å²) in [6.07, 6.45) is 12.0. The minimum atomic E-state index is -0.303. The molecule has 1 fully saturated rings. The predicted molar refractivity (Wildman–Crippen MR) is 140 cm³/mol. The summed E-state index contributed by atoms with van der Waals surface area (Å²) < 4.78 is 16.8. The van der Waals surface area contributed by atoms with Gasteiger partial charge in [-0.05, 0) is 74.8 Å². The molecule has 0 unspecified atom stereocenters. The Hall–Kier alpha value is -3.97. The molecular formula is C29H27FN6. The van der Waals surface area contributed by atoms with E-state index >= 15 is 0 Å². The van der Waals surface area contributed by atoms with Crippen LogP contribution in [0, 0.1) is 12.7 Å². The summed E-state index contributed by atoms with van der Waals surface area (Å²) in [6.45, 7) is 6.21. The molecule has 7 heteroatoms. The molecule has 0 amide bonds. The van der Waals surface area contributed by atoms with Crippen LogP contribution in [0.3, 0.4) is 0 Å². The van der Waals surface area contributed by atoms with Crippen LogP contribution in [0.25, 0.3) is 44.5 Å². The first-order chi connectivity index (χ1) is 17.6. The maximum Gasteiger partial charge on any atom is 0.160 e. The van der Waals surface area contributed by atoms with Crippen molar-refractivity contribution < 1.29 is 4.39 Å². The molecular weight excluding hydrogens is 451 g/mol. The fraction of sp³-hybridized carbons (Fsp3) is 0.241. The van der Waals surface area contributed by atoms with E-state index in [-0.39, 0.29) is 5.82 Å². The van der Waals surface area contributed by atoms with Crippen molar-refractivity contribution in [1.82, 2.24) is 29.6 Å². The molecule has 0 aliphatic carbocycles. The van der Waals surface area contributed by atoms with Gasteiger partial charge in [-0.15, -0.1) is 0 Å². The zero-order valence-electron chi connectivity index (χ0n) is 20.2. The lowest BCUT2D eigenvalue weighted by atomic mass is 9.98. The van der Waals surface area contributed by atoms with Gasteiger partial charge >= 0.3 is 0 Å². The Labute approximate surface area is 209 Å². The Balaban J connectivity index is 1.37. The van der Waals surface area contributed by atoms with Crippen LogP contribution in [0.2, 0.25) is 0 Å². The molecule has 0 radical (unpaired) electrons. The van der Waals surface area contributed by atoms with Gasteiger partial charge in [0.2, 0.25) is 0 Å². The number of aromatic nitrogens is 5. The lowest BCUT2D eigenvalue weighted by Crippen LogP contribution is -2.24. The molecule has 0 bridgehead atoms. The summed E-state index contributed by atoms with van der Waals surface area (Å²) in [5.41, 5.74) is 6.41. The molecule has 1 saturated heterocycles. The molecule has 6 rings (SSSR count). The van der Waals surface area contributed by atoms with Crippen LogP contribution in [-0.4, -0.2) is 49.3 Å². The summed E-state index contributed by atoms with van der Waals surface area (Å²) >= 11 is 0. The van der Waals surface area contributed by atoms with E-state index in [2.05, 4.69) is 37.2 Å². The van der Waals surface area contributed by atoms with Gasteiger partial charge in [0.15, 0.2) is 5.65 Å². The third-order valence-electron chi connectivity index (χ3n) is 6.84. The van der Waals surface area contributed by atoms with Crippen LogP contribution >= 0.6 is 0 Å². The molecule has 36 heavy (non-hydrogen) atoms. The summed E-state index contributed by atoms with van der Waals surface area (Å²) in [5.74, 6) is -0.303. The lowest BCUT2D eigenvalue weighted by Gasteiger charge is -2.13. The Morgan fingerprint density at radius 1 is 0.889 bits per heavy atom. The van der Waals surface area contributed by atoms with E-state index in [9.17, 15) is 4.39 Å². The second-order valence-corrected chi connectivity index (χ2v) is 9.42. The van der Waals surface area contributed by atoms with Crippen molar-refractivity contribution in [3.8, 4) is 33.5 Å². The van der Waals surface area contributed by atoms with Crippen LogP contribution < -0.4 is 0 Å². The number of pyridine rings is 3.